The summed E-state index contributed by atoms with van der Waals surface area (Å²) in [6.07, 6.45) is 9.29. The Hall–Kier alpha value is -1.24. The maximum absolute atomic E-state index is 2.52. The van der Waals surface area contributed by atoms with Gasteiger partial charge in [0, 0.05) is 23.1 Å². The van der Waals surface area contributed by atoms with Gasteiger partial charge >= 0.3 is 0 Å². The summed E-state index contributed by atoms with van der Waals surface area (Å²) in [6.45, 7) is 2.22. The van der Waals surface area contributed by atoms with Gasteiger partial charge in [-0.15, -0.1) is 0 Å². The number of aromatic nitrogens is 1. The summed E-state index contributed by atoms with van der Waals surface area (Å²) in [5.41, 5.74) is 2.84. The van der Waals surface area contributed by atoms with Crippen LogP contribution in [0.2, 0.25) is 0 Å². The number of rotatable bonds is 1. The van der Waals surface area contributed by atoms with Crippen LogP contribution in [0.5, 0.6) is 0 Å². The molecule has 16 heavy (non-hydrogen) atoms. The lowest BCUT2D eigenvalue weighted by atomic mass is 9.95. The maximum Gasteiger partial charge on any atom is 0.0485 e. The number of fused-ring (bicyclic) bond motifs is 1. The second kappa shape index (κ2) is 3.97. The Kier molecular flexibility index (Phi) is 2.47. The minimum absolute atomic E-state index is 0.743. The third-order valence-electron chi connectivity index (χ3n) is 3.91. The standard InChI is InChI=1S/C15H19N/c1-12-11-16(13-7-3-2-4-8-13)15-10-6-5-9-14(12)15/h5-6,9-11,13H,2-4,7-8H2,1H3. The van der Waals surface area contributed by atoms with E-state index < -0.39 is 0 Å². The number of benzene rings is 1. The van der Waals surface area contributed by atoms with Crippen molar-refractivity contribution in [2.45, 2.75) is 45.1 Å². The second-order valence-corrected chi connectivity index (χ2v) is 5.03. The van der Waals surface area contributed by atoms with Gasteiger partial charge in [0.05, 0.1) is 0 Å². The summed E-state index contributed by atoms with van der Waals surface area (Å²) in [5, 5.41) is 1.42. The molecule has 1 aliphatic carbocycles. The van der Waals surface area contributed by atoms with Crippen molar-refractivity contribution in [1.82, 2.24) is 4.57 Å². The molecule has 1 nitrogen and oxygen atoms in total. The maximum atomic E-state index is 2.52. The molecule has 0 atom stereocenters. The number of hydrogen-bond acceptors (Lipinski definition) is 0. The highest BCUT2D eigenvalue weighted by molar-refractivity contribution is 5.83. The fourth-order valence-electron chi connectivity index (χ4n) is 3.04. The highest BCUT2D eigenvalue weighted by Crippen LogP contribution is 2.32. The third-order valence-corrected chi connectivity index (χ3v) is 3.91. The summed E-state index contributed by atoms with van der Waals surface area (Å²) in [5.74, 6) is 0. The number of para-hydroxylation sites is 1. The van der Waals surface area contributed by atoms with E-state index in [0.29, 0.717) is 0 Å². The highest BCUT2D eigenvalue weighted by atomic mass is 15.0. The summed E-state index contributed by atoms with van der Waals surface area (Å²) in [6, 6.07) is 9.54. The molecule has 0 amide bonds. The molecule has 0 bridgehead atoms. The lowest BCUT2D eigenvalue weighted by Gasteiger charge is -2.24. The van der Waals surface area contributed by atoms with Crippen LogP contribution in [0.1, 0.15) is 43.7 Å². The molecule has 1 aromatic heterocycles. The minimum Gasteiger partial charge on any atom is -0.344 e. The normalized spacial score (nSPS) is 18.1. The van der Waals surface area contributed by atoms with Gasteiger partial charge < -0.3 is 4.57 Å². The summed E-state index contributed by atoms with van der Waals surface area (Å²) >= 11 is 0. The molecule has 1 fully saturated rings. The average molecular weight is 213 g/mol. The van der Waals surface area contributed by atoms with Gasteiger partial charge in [-0.3, -0.25) is 0 Å². The number of hydrogen-bond donors (Lipinski definition) is 0. The molecule has 1 saturated carbocycles. The molecule has 0 aliphatic heterocycles. The van der Waals surface area contributed by atoms with E-state index in [1.165, 1.54) is 48.6 Å². The van der Waals surface area contributed by atoms with E-state index in [1.54, 1.807) is 0 Å². The van der Waals surface area contributed by atoms with Crippen molar-refractivity contribution in [3.05, 3.63) is 36.0 Å². The molecular formula is C15H19N. The Labute approximate surface area is 97.1 Å². The van der Waals surface area contributed by atoms with Gasteiger partial charge in [0.1, 0.15) is 0 Å². The monoisotopic (exact) mass is 213 g/mol. The van der Waals surface area contributed by atoms with Crippen molar-refractivity contribution < 1.29 is 0 Å². The molecule has 1 aliphatic rings. The fourth-order valence-corrected chi connectivity index (χ4v) is 3.04. The zero-order chi connectivity index (χ0) is 11.0. The first-order valence-electron chi connectivity index (χ1n) is 6.42. The van der Waals surface area contributed by atoms with Crippen LogP contribution in [0.3, 0.4) is 0 Å². The fraction of sp³-hybridized carbons (Fsp3) is 0.467. The minimum atomic E-state index is 0.743. The largest absolute Gasteiger partial charge is 0.344 e. The van der Waals surface area contributed by atoms with Gasteiger partial charge in [0.15, 0.2) is 0 Å². The van der Waals surface area contributed by atoms with Crippen LogP contribution < -0.4 is 0 Å². The van der Waals surface area contributed by atoms with E-state index >= 15 is 0 Å². The SMILES string of the molecule is Cc1cn(C2CCCCC2)c2ccccc12. The lowest BCUT2D eigenvalue weighted by Crippen LogP contribution is -2.11. The quantitative estimate of drug-likeness (QED) is 0.659. The van der Waals surface area contributed by atoms with E-state index in [9.17, 15) is 0 Å². The Morgan fingerprint density at radius 2 is 1.81 bits per heavy atom. The zero-order valence-corrected chi connectivity index (χ0v) is 9.95. The van der Waals surface area contributed by atoms with Crippen LogP contribution in [-0.4, -0.2) is 4.57 Å². The molecule has 0 saturated heterocycles. The molecule has 84 valence electrons. The van der Waals surface area contributed by atoms with Gasteiger partial charge in [-0.25, -0.2) is 0 Å². The number of aryl methyl sites for hydroxylation is 1. The predicted octanol–water partition coefficient (Wildman–Crippen LogP) is 4.45. The molecule has 0 spiro atoms. The zero-order valence-electron chi connectivity index (χ0n) is 9.95. The highest BCUT2D eigenvalue weighted by Gasteiger charge is 2.17. The second-order valence-electron chi connectivity index (χ2n) is 5.03. The van der Waals surface area contributed by atoms with Crippen LogP contribution in [0.4, 0.5) is 0 Å². The van der Waals surface area contributed by atoms with Gasteiger partial charge in [-0.2, -0.15) is 0 Å². The van der Waals surface area contributed by atoms with Crippen molar-refractivity contribution in [2.24, 2.45) is 0 Å². The Morgan fingerprint density at radius 3 is 2.62 bits per heavy atom. The molecular weight excluding hydrogens is 194 g/mol. The molecule has 1 heteroatoms. The van der Waals surface area contributed by atoms with Gasteiger partial charge in [0.2, 0.25) is 0 Å². The molecule has 3 rings (SSSR count). The molecule has 0 unspecified atom stereocenters. The smallest absolute Gasteiger partial charge is 0.0485 e. The predicted molar refractivity (Wildman–Crippen MR) is 68.8 cm³/mol. The Bertz CT molecular complexity index is 489. The summed E-state index contributed by atoms with van der Waals surface area (Å²) in [4.78, 5) is 0. The van der Waals surface area contributed by atoms with E-state index in [4.69, 9.17) is 0 Å². The van der Waals surface area contributed by atoms with E-state index in [-0.39, 0.29) is 0 Å². The van der Waals surface area contributed by atoms with E-state index in [1.807, 2.05) is 0 Å². The summed E-state index contributed by atoms with van der Waals surface area (Å²) < 4.78 is 2.52. The Balaban J connectivity index is 2.08. The van der Waals surface area contributed by atoms with Crippen LogP contribution in [0, 0.1) is 6.92 Å². The molecule has 1 heterocycles. The van der Waals surface area contributed by atoms with Crippen LogP contribution in [0.25, 0.3) is 10.9 Å². The average Bonchev–Trinajstić information content (AvgIpc) is 2.69. The Morgan fingerprint density at radius 1 is 1.06 bits per heavy atom. The first-order chi connectivity index (χ1) is 7.86. The van der Waals surface area contributed by atoms with Crippen molar-refractivity contribution in [3.63, 3.8) is 0 Å². The summed E-state index contributed by atoms with van der Waals surface area (Å²) in [7, 11) is 0. The van der Waals surface area contributed by atoms with E-state index in [0.717, 1.165) is 6.04 Å². The van der Waals surface area contributed by atoms with Gasteiger partial charge in [-0.05, 0) is 31.4 Å². The van der Waals surface area contributed by atoms with Crippen LogP contribution in [0.15, 0.2) is 30.5 Å². The van der Waals surface area contributed by atoms with Crippen molar-refractivity contribution in [3.8, 4) is 0 Å². The van der Waals surface area contributed by atoms with Crippen molar-refractivity contribution >= 4 is 10.9 Å². The lowest BCUT2D eigenvalue weighted by molar-refractivity contribution is 0.360. The van der Waals surface area contributed by atoms with Gasteiger partial charge in [0.25, 0.3) is 0 Å². The van der Waals surface area contributed by atoms with Crippen molar-refractivity contribution in [2.75, 3.05) is 0 Å². The number of nitrogens with zero attached hydrogens (tertiary/aromatic N) is 1. The van der Waals surface area contributed by atoms with Crippen molar-refractivity contribution in [1.29, 1.82) is 0 Å². The third kappa shape index (κ3) is 1.55. The molecule has 2 aromatic rings. The van der Waals surface area contributed by atoms with Gasteiger partial charge in [-0.1, -0.05) is 37.5 Å². The van der Waals surface area contributed by atoms with Crippen LogP contribution >= 0.6 is 0 Å². The molecule has 1 aromatic carbocycles. The topological polar surface area (TPSA) is 4.93 Å². The van der Waals surface area contributed by atoms with Crippen LogP contribution in [-0.2, 0) is 0 Å². The molecule has 0 radical (unpaired) electrons. The van der Waals surface area contributed by atoms with E-state index in [2.05, 4.69) is 42.0 Å². The first kappa shape index (κ1) is 9.95. The first-order valence-corrected chi connectivity index (χ1v) is 6.42. The molecule has 0 N–H and O–H groups in total.